The summed E-state index contributed by atoms with van der Waals surface area (Å²) < 4.78 is 89.1. The van der Waals surface area contributed by atoms with E-state index in [1.165, 1.54) is 12.1 Å². The number of amides is 1. The highest BCUT2D eigenvalue weighted by Gasteiger charge is 2.42. The van der Waals surface area contributed by atoms with Gasteiger partial charge in [-0.2, -0.15) is 18.2 Å². The van der Waals surface area contributed by atoms with Crippen molar-refractivity contribution < 1.29 is 45.5 Å². The van der Waals surface area contributed by atoms with Gasteiger partial charge in [-0.15, -0.1) is 0 Å². The number of piperazine rings is 1. The quantitative estimate of drug-likeness (QED) is 0.0810. The summed E-state index contributed by atoms with van der Waals surface area (Å²) >= 11 is 6.15. The standard InChI is InChI=1S/C46H48ClF3N8O8S/c47-33-5-2-29(3-6-33)37-9-4-32(46(48,49)50)22-31(37)27-55-15-17-56(18-16-55)34-7-10-38(40(24-34)57-14-1-19-66-45-42(57)23-30-12-13-51-43(30)53-45)44(59)54-67(62,63)36-8-11-39(41(25-36)58(60)61)52-26-35-28-64-20-21-65-35/h2-3,5-8,10-13,23-25,32,35,52H,1,4,9,14-22,26-28H2,(H,51,53)(H,54,59)/t32-,35-/m0/s1. The van der Waals surface area contributed by atoms with E-state index in [4.69, 9.17) is 30.8 Å². The molecule has 2 atom stereocenters. The fraction of sp³-hybridized carbons (Fsp3) is 0.391. The molecule has 9 rings (SSSR count). The van der Waals surface area contributed by atoms with Crippen LogP contribution in [0.4, 0.5) is 41.6 Å². The van der Waals surface area contributed by atoms with Gasteiger partial charge >= 0.3 is 6.18 Å². The number of aromatic nitrogens is 2. The average molecular weight is 965 g/mol. The van der Waals surface area contributed by atoms with Gasteiger partial charge in [0.2, 0.25) is 5.88 Å². The Morgan fingerprint density at radius 1 is 0.970 bits per heavy atom. The maximum absolute atomic E-state index is 14.3. The summed E-state index contributed by atoms with van der Waals surface area (Å²) in [6.07, 6.45) is -2.10. The van der Waals surface area contributed by atoms with Crippen LogP contribution < -0.4 is 24.6 Å². The van der Waals surface area contributed by atoms with Crippen molar-refractivity contribution in [1.29, 1.82) is 0 Å². The van der Waals surface area contributed by atoms with Gasteiger partial charge in [0.15, 0.2) is 0 Å². The zero-order valence-corrected chi connectivity index (χ0v) is 37.8. The second kappa shape index (κ2) is 19.4. The number of nitro benzene ring substituents is 1. The molecular formula is C46H48ClF3N8O8S. The summed E-state index contributed by atoms with van der Waals surface area (Å²) in [5, 5.41) is 16.4. The summed E-state index contributed by atoms with van der Waals surface area (Å²) in [5.74, 6) is -2.06. The van der Waals surface area contributed by atoms with Crippen LogP contribution in [0.1, 0.15) is 41.6 Å². The monoisotopic (exact) mass is 964 g/mol. The molecule has 4 aliphatic rings. The number of fused-ring (bicyclic) bond motifs is 2. The summed E-state index contributed by atoms with van der Waals surface area (Å²) in [4.78, 5) is 39.2. The van der Waals surface area contributed by atoms with E-state index in [0.29, 0.717) is 106 Å². The number of carbonyl (C=O) groups excluding carboxylic acids is 1. The van der Waals surface area contributed by atoms with Crippen molar-refractivity contribution in [3.63, 3.8) is 0 Å². The van der Waals surface area contributed by atoms with Crippen LogP contribution in [0.2, 0.25) is 5.02 Å². The Kier molecular flexibility index (Phi) is 13.3. The zero-order valence-electron chi connectivity index (χ0n) is 36.2. The third kappa shape index (κ3) is 10.3. The molecule has 354 valence electrons. The van der Waals surface area contributed by atoms with Gasteiger partial charge in [-0.25, -0.2) is 13.1 Å². The first-order valence-corrected chi connectivity index (χ1v) is 23.9. The van der Waals surface area contributed by atoms with E-state index in [2.05, 4.69) is 24.8 Å². The third-order valence-corrected chi connectivity index (χ3v) is 14.2. The van der Waals surface area contributed by atoms with Crippen LogP contribution in [0.25, 0.3) is 16.6 Å². The van der Waals surface area contributed by atoms with E-state index < -0.39 is 43.5 Å². The van der Waals surface area contributed by atoms with Crippen molar-refractivity contribution in [2.24, 2.45) is 5.92 Å². The molecule has 0 unspecified atom stereocenters. The minimum Gasteiger partial charge on any atom is -0.476 e. The van der Waals surface area contributed by atoms with Crippen LogP contribution in [-0.2, 0) is 19.5 Å². The van der Waals surface area contributed by atoms with Crippen molar-refractivity contribution in [2.75, 3.05) is 87.4 Å². The molecule has 0 saturated carbocycles. The number of rotatable bonds is 12. The highest BCUT2D eigenvalue weighted by molar-refractivity contribution is 7.90. The largest absolute Gasteiger partial charge is 0.476 e. The molecule has 16 nitrogen and oxygen atoms in total. The summed E-state index contributed by atoms with van der Waals surface area (Å²) in [7, 11) is -4.66. The number of nitro groups is 1. The number of anilines is 4. The molecule has 21 heteroatoms. The first-order valence-electron chi connectivity index (χ1n) is 22.0. The van der Waals surface area contributed by atoms with E-state index >= 15 is 0 Å². The van der Waals surface area contributed by atoms with E-state index in [1.54, 1.807) is 30.5 Å². The number of nitrogens with zero attached hydrogens (tertiary/aromatic N) is 5. The van der Waals surface area contributed by atoms with Crippen LogP contribution >= 0.6 is 11.6 Å². The first kappa shape index (κ1) is 46.2. The summed E-state index contributed by atoms with van der Waals surface area (Å²) in [5.41, 5.74) is 4.40. The van der Waals surface area contributed by atoms with Crippen molar-refractivity contribution >= 4 is 72.6 Å². The number of H-pyrrole nitrogens is 1. The molecule has 3 aliphatic heterocycles. The summed E-state index contributed by atoms with van der Waals surface area (Å²) in [6, 6.07) is 19.4. The van der Waals surface area contributed by atoms with Gasteiger partial charge < -0.3 is 34.3 Å². The number of aromatic amines is 1. The first-order chi connectivity index (χ1) is 32.2. The lowest BCUT2D eigenvalue weighted by Gasteiger charge is -2.38. The highest BCUT2D eigenvalue weighted by atomic mass is 35.5. The molecule has 5 aromatic rings. The van der Waals surface area contributed by atoms with E-state index in [0.717, 1.165) is 33.8 Å². The average Bonchev–Trinajstić information content (AvgIpc) is 3.68. The number of alkyl halides is 3. The van der Waals surface area contributed by atoms with Gasteiger partial charge in [0.05, 0.1) is 59.5 Å². The fourth-order valence-electron chi connectivity index (χ4n) is 9.13. The number of hydrogen-bond donors (Lipinski definition) is 3. The highest BCUT2D eigenvalue weighted by Crippen LogP contribution is 2.44. The smallest absolute Gasteiger partial charge is 0.392 e. The maximum Gasteiger partial charge on any atom is 0.392 e. The van der Waals surface area contributed by atoms with Crippen molar-refractivity contribution in [1.82, 2.24) is 19.6 Å². The Balaban J connectivity index is 0.987. The summed E-state index contributed by atoms with van der Waals surface area (Å²) in [6.45, 7) is 4.51. The third-order valence-electron chi connectivity index (χ3n) is 12.6. The maximum atomic E-state index is 14.3. The Hall–Kier alpha value is -5.93. The van der Waals surface area contributed by atoms with Crippen LogP contribution in [0.3, 0.4) is 0 Å². The molecule has 2 saturated heterocycles. The number of allylic oxidation sites excluding steroid dienone is 1. The number of ether oxygens (including phenoxy) is 3. The van der Waals surface area contributed by atoms with Gasteiger partial charge in [0, 0.05) is 74.2 Å². The number of pyridine rings is 1. The van der Waals surface area contributed by atoms with Gasteiger partial charge in [-0.05, 0) is 91.4 Å². The Bertz CT molecular complexity index is 2800. The predicted molar refractivity (Wildman–Crippen MR) is 247 cm³/mol. The van der Waals surface area contributed by atoms with Crippen molar-refractivity contribution in [3.8, 4) is 5.88 Å². The zero-order chi connectivity index (χ0) is 46.9. The number of benzene rings is 3. The van der Waals surface area contributed by atoms with E-state index in [-0.39, 0.29) is 36.7 Å². The van der Waals surface area contributed by atoms with Gasteiger partial charge in [-0.1, -0.05) is 29.3 Å². The Labute approximate surface area is 389 Å². The van der Waals surface area contributed by atoms with Crippen LogP contribution in [0, 0.1) is 16.0 Å². The predicted octanol–water partition coefficient (Wildman–Crippen LogP) is 7.93. The lowest BCUT2D eigenvalue weighted by atomic mass is 9.80. The number of hydrogen-bond acceptors (Lipinski definition) is 13. The molecular weight excluding hydrogens is 917 g/mol. The minimum absolute atomic E-state index is 0.00801. The van der Waals surface area contributed by atoms with Crippen molar-refractivity contribution in [2.45, 2.75) is 42.9 Å². The topological polar surface area (TPSA) is 185 Å². The molecule has 1 aliphatic carbocycles. The number of nitrogens with one attached hydrogen (secondary N) is 3. The molecule has 0 radical (unpaired) electrons. The Morgan fingerprint density at radius 2 is 1.78 bits per heavy atom. The molecule has 1 amide bonds. The van der Waals surface area contributed by atoms with Gasteiger partial charge in [-0.3, -0.25) is 19.8 Å². The van der Waals surface area contributed by atoms with Crippen LogP contribution in [-0.4, -0.2) is 119 Å². The molecule has 0 bridgehead atoms. The molecule has 67 heavy (non-hydrogen) atoms. The lowest BCUT2D eigenvalue weighted by Crippen LogP contribution is -2.47. The fourth-order valence-corrected chi connectivity index (χ4v) is 10.2. The number of halogens is 4. The van der Waals surface area contributed by atoms with Crippen LogP contribution in [0.5, 0.6) is 5.88 Å². The van der Waals surface area contributed by atoms with Gasteiger partial charge in [0.1, 0.15) is 17.0 Å². The molecule has 0 spiro atoms. The van der Waals surface area contributed by atoms with E-state index in [9.17, 15) is 36.5 Å². The molecule has 5 heterocycles. The van der Waals surface area contributed by atoms with Gasteiger partial charge in [0.25, 0.3) is 21.6 Å². The molecule has 2 aromatic heterocycles. The molecule has 2 fully saturated rings. The minimum atomic E-state index is -4.66. The normalized spacial score (nSPS) is 19.7. The second-order valence-corrected chi connectivity index (χ2v) is 19.1. The lowest BCUT2D eigenvalue weighted by molar-refractivity contribution is -0.384. The number of carbonyl (C=O) groups is 1. The SMILES string of the molecule is O=C(NS(=O)(=O)c1ccc(NC[C@H]2COCCO2)c([N+](=O)[O-])c1)c1ccc(N2CCN(CC3=C(c4ccc(Cl)cc4)CC[C@H](C(F)(F)F)C3)CC2)cc1N1CCCOc2nc3[nH]ccc3cc21. The second-order valence-electron chi connectivity index (χ2n) is 16.9. The Morgan fingerprint density at radius 3 is 2.52 bits per heavy atom. The van der Waals surface area contributed by atoms with E-state index in [1.807, 2.05) is 35.2 Å². The van der Waals surface area contributed by atoms with Crippen molar-refractivity contribution in [3.05, 3.63) is 111 Å². The number of sulfonamides is 1. The van der Waals surface area contributed by atoms with Crippen LogP contribution in [0.15, 0.2) is 89.5 Å². The molecule has 3 N–H and O–H groups in total. The molecule has 3 aromatic carbocycles.